The molecular formula is C18H20ClN3O3. The Morgan fingerprint density at radius 1 is 1.08 bits per heavy atom. The lowest BCUT2D eigenvalue weighted by Gasteiger charge is -2.10. The highest BCUT2D eigenvalue weighted by Crippen LogP contribution is 2.26. The zero-order valence-corrected chi connectivity index (χ0v) is 14.6. The molecule has 2 aromatic carbocycles. The van der Waals surface area contributed by atoms with E-state index in [1.54, 1.807) is 18.2 Å². The number of anilines is 1. The molecule has 0 radical (unpaired) electrons. The zero-order chi connectivity index (χ0) is 18.1. The Bertz CT molecular complexity index is 723. The third-order valence-electron chi connectivity index (χ3n) is 3.41. The second-order valence-electron chi connectivity index (χ2n) is 5.24. The minimum Gasteiger partial charge on any atom is -0.497 e. The number of hydrogen-bond acceptors (Lipinski definition) is 3. The lowest BCUT2D eigenvalue weighted by atomic mass is 10.1. The number of hydrogen-bond donors (Lipinski definition) is 3. The predicted octanol–water partition coefficient (Wildman–Crippen LogP) is 2.83. The quantitative estimate of drug-likeness (QED) is 0.709. The van der Waals surface area contributed by atoms with Crippen molar-refractivity contribution in [2.75, 3.05) is 25.5 Å². The normalized spacial score (nSPS) is 10.0. The summed E-state index contributed by atoms with van der Waals surface area (Å²) in [6.45, 7) is 0.394. The van der Waals surface area contributed by atoms with Crippen LogP contribution in [0.1, 0.15) is 5.56 Å². The number of halogens is 1. The van der Waals surface area contributed by atoms with E-state index in [9.17, 15) is 9.59 Å². The maximum atomic E-state index is 11.8. The van der Waals surface area contributed by atoms with Gasteiger partial charge in [-0.2, -0.15) is 0 Å². The van der Waals surface area contributed by atoms with Gasteiger partial charge in [-0.15, -0.1) is 0 Å². The molecule has 0 aliphatic heterocycles. The number of carbonyl (C=O) groups is 2. The van der Waals surface area contributed by atoms with E-state index in [2.05, 4.69) is 16.0 Å². The Balaban J connectivity index is 1.69. The molecule has 0 fully saturated rings. The molecule has 0 atom stereocenters. The molecule has 2 rings (SSSR count). The second kappa shape index (κ2) is 9.54. The summed E-state index contributed by atoms with van der Waals surface area (Å²) >= 11 is 6.04. The molecule has 2 aromatic rings. The monoisotopic (exact) mass is 361 g/mol. The molecule has 3 N–H and O–H groups in total. The van der Waals surface area contributed by atoms with Crippen molar-refractivity contribution in [3.8, 4) is 5.75 Å². The van der Waals surface area contributed by atoms with Crippen molar-refractivity contribution < 1.29 is 14.3 Å². The number of urea groups is 1. The van der Waals surface area contributed by atoms with E-state index in [0.29, 0.717) is 23.0 Å². The van der Waals surface area contributed by atoms with Gasteiger partial charge in [0.1, 0.15) is 5.75 Å². The number of carbonyl (C=O) groups excluding carboxylic acids is 2. The molecule has 0 unspecified atom stereocenters. The molecule has 6 nitrogen and oxygen atoms in total. The molecular weight excluding hydrogens is 342 g/mol. The van der Waals surface area contributed by atoms with Crippen LogP contribution in [0, 0.1) is 0 Å². The van der Waals surface area contributed by atoms with Crippen LogP contribution in [-0.4, -0.2) is 32.1 Å². The fourth-order valence-corrected chi connectivity index (χ4v) is 2.32. The average molecular weight is 362 g/mol. The van der Waals surface area contributed by atoms with Crippen molar-refractivity contribution in [2.24, 2.45) is 0 Å². The van der Waals surface area contributed by atoms with Crippen molar-refractivity contribution in [3.05, 3.63) is 59.1 Å². The maximum absolute atomic E-state index is 11.8. The maximum Gasteiger partial charge on any atom is 0.319 e. The van der Waals surface area contributed by atoms with Gasteiger partial charge >= 0.3 is 6.03 Å². The number of amides is 3. The van der Waals surface area contributed by atoms with Crippen molar-refractivity contribution >= 4 is 29.2 Å². The Labute approximate surface area is 151 Å². The number of ether oxygens (including phenoxy) is 1. The van der Waals surface area contributed by atoms with Crippen LogP contribution in [0.2, 0.25) is 5.02 Å². The van der Waals surface area contributed by atoms with E-state index in [4.69, 9.17) is 16.3 Å². The Morgan fingerprint density at radius 3 is 2.52 bits per heavy atom. The van der Waals surface area contributed by atoms with Gasteiger partial charge in [0.25, 0.3) is 0 Å². The number of methoxy groups -OCH3 is 1. The van der Waals surface area contributed by atoms with Gasteiger partial charge in [-0.3, -0.25) is 4.79 Å². The van der Waals surface area contributed by atoms with Crippen LogP contribution in [0.5, 0.6) is 5.75 Å². The van der Waals surface area contributed by atoms with Crippen molar-refractivity contribution in [1.29, 1.82) is 0 Å². The standard InChI is InChI=1S/C18H20ClN3O3/c1-25-14-7-8-16(15(19)11-14)22-18(24)21-12-17(23)20-10-9-13-5-3-2-4-6-13/h2-8,11H,9-10,12H2,1H3,(H,20,23)(H2,21,22,24). The predicted molar refractivity (Wildman–Crippen MR) is 98.2 cm³/mol. The van der Waals surface area contributed by atoms with Gasteiger partial charge in [0, 0.05) is 12.6 Å². The molecule has 0 bridgehead atoms. The molecule has 25 heavy (non-hydrogen) atoms. The van der Waals surface area contributed by atoms with E-state index < -0.39 is 6.03 Å². The van der Waals surface area contributed by atoms with Gasteiger partial charge in [0.15, 0.2) is 0 Å². The molecule has 0 aliphatic rings. The first-order chi connectivity index (χ1) is 12.1. The first kappa shape index (κ1) is 18.6. The van der Waals surface area contributed by atoms with Crippen LogP contribution >= 0.6 is 11.6 Å². The molecule has 0 spiro atoms. The van der Waals surface area contributed by atoms with Crippen molar-refractivity contribution in [3.63, 3.8) is 0 Å². The van der Waals surface area contributed by atoms with E-state index >= 15 is 0 Å². The van der Waals surface area contributed by atoms with Crippen molar-refractivity contribution in [1.82, 2.24) is 10.6 Å². The average Bonchev–Trinajstić information content (AvgIpc) is 2.62. The highest BCUT2D eigenvalue weighted by Gasteiger charge is 2.08. The molecule has 0 heterocycles. The van der Waals surface area contributed by atoms with Gasteiger partial charge in [0.05, 0.1) is 24.4 Å². The molecule has 132 valence electrons. The number of nitrogens with one attached hydrogen (secondary N) is 3. The highest BCUT2D eigenvalue weighted by molar-refractivity contribution is 6.33. The molecule has 0 aliphatic carbocycles. The highest BCUT2D eigenvalue weighted by atomic mass is 35.5. The van der Waals surface area contributed by atoms with Crippen LogP contribution < -0.4 is 20.7 Å². The summed E-state index contributed by atoms with van der Waals surface area (Å²) in [5.74, 6) is 0.334. The van der Waals surface area contributed by atoms with E-state index in [1.165, 1.54) is 7.11 Å². The summed E-state index contributed by atoms with van der Waals surface area (Å²) in [7, 11) is 1.53. The van der Waals surface area contributed by atoms with E-state index in [0.717, 1.165) is 12.0 Å². The summed E-state index contributed by atoms with van der Waals surface area (Å²) < 4.78 is 5.04. The van der Waals surface area contributed by atoms with Crippen molar-refractivity contribution in [2.45, 2.75) is 6.42 Å². The van der Waals surface area contributed by atoms with Gasteiger partial charge in [0.2, 0.25) is 5.91 Å². The van der Waals surface area contributed by atoms with Gasteiger partial charge in [-0.25, -0.2) is 4.79 Å². The molecule has 3 amide bonds. The van der Waals surface area contributed by atoms with Crippen LogP contribution in [0.4, 0.5) is 10.5 Å². The number of rotatable bonds is 7. The first-order valence-corrected chi connectivity index (χ1v) is 8.15. The van der Waals surface area contributed by atoms with Gasteiger partial charge < -0.3 is 20.7 Å². The second-order valence-corrected chi connectivity index (χ2v) is 5.65. The molecule has 0 aromatic heterocycles. The minimum absolute atomic E-state index is 0.117. The summed E-state index contributed by atoms with van der Waals surface area (Å²) in [4.78, 5) is 23.6. The topological polar surface area (TPSA) is 79.5 Å². The van der Waals surface area contributed by atoms with E-state index in [1.807, 2.05) is 30.3 Å². The fraction of sp³-hybridized carbons (Fsp3) is 0.222. The third-order valence-corrected chi connectivity index (χ3v) is 3.73. The lowest BCUT2D eigenvalue weighted by Crippen LogP contribution is -2.39. The first-order valence-electron chi connectivity index (χ1n) is 7.77. The van der Waals surface area contributed by atoms with Gasteiger partial charge in [-0.1, -0.05) is 41.9 Å². The summed E-state index contributed by atoms with van der Waals surface area (Å²) in [6.07, 6.45) is 0.736. The summed E-state index contributed by atoms with van der Waals surface area (Å²) in [5, 5.41) is 8.17. The zero-order valence-electron chi connectivity index (χ0n) is 13.8. The third kappa shape index (κ3) is 6.35. The lowest BCUT2D eigenvalue weighted by molar-refractivity contribution is -0.120. The Kier molecular flexibility index (Phi) is 7.10. The SMILES string of the molecule is COc1ccc(NC(=O)NCC(=O)NCCc2ccccc2)c(Cl)c1. The smallest absolute Gasteiger partial charge is 0.319 e. The van der Waals surface area contributed by atoms with Gasteiger partial charge in [-0.05, 0) is 24.1 Å². The van der Waals surface area contributed by atoms with Crippen LogP contribution in [-0.2, 0) is 11.2 Å². The molecule has 0 saturated carbocycles. The fourth-order valence-electron chi connectivity index (χ4n) is 2.10. The summed E-state index contributed by atoms with van der Waals surface area (Å²) in [5.41, 5.74) is 1.58. The van der Waals surface area contributed by atoms with Crippen LogP contribution in [0.15, 0.2) is 48.5 Å². The largest absolute Gasteiger partial charge is 0.497 e. The molecule has 7 heteroatoms. The number of benzene rings is 2. The van der Waals surface area contributed by atoms with Crippen LogP contribution in [0.25, 0.3) is 0 Å². The minimum atomic E-state index is -0.509. The van der Waals surface area contributed by atoms with Crippen LogP contribution in [0.3, 0.4) is 0 Å². The molecule has 0 saturated heterocycles. The Morgan fingerprint density at radius 2 is 1.84 bits per heavy atom. The summed E-state index contributed by atoms with van der Waals surface area (Å²) in [6, 6.07) is 14.2. The van der Waals surface area contributed by atoms with E-state index in [-0.39, 0.29) is 12.5 Å². The Hall–Kier alpha value is -2.73.